The average Bonchev–Trinajstić information content (AvgIpc) is 3.37. The number of thioether (sulfide) groups is 1. The Hall–Kier alpha value is -3.86. The number of ether oxygens (including phenoxy) is 1. The van der Waals surface area contributed by atoms with Gasteiger partial charge in [-0.1, -0.05) is 78.9 Å². The number of aliphatic hydroxyl groups is 2. The maximum atomic E-state index is 13.8. The van der Waals surface area contributed by atoms with Crippen LogP contribution in [0.4, 0.5) is 0 Å². The van der Waals surface area contributed by atoms with Gasteiger partial charge < -0.3 is 30.5 Å². The van der Waals surface area contributed by atoms with Gasteiger partial charge >= 0.3 is 0 Å². The fourth-order valence-corrected chi connectivity index (χ4v) is 7.16. The normalized spacial score (nSPS) is 21.6. The lowest BCUT2D eigenvalue weighted by molar-refractivity contribution is -0.147. The fourth-order valence-electron chi connectivity index (χ4n) is 6.02. The molecule has 1 fully saturated rings. The summed E-state index contributed by atoms with van der Waals surface area (Å²) >= 11 is 1.48. The molecule has 0 aromatic heterocycles. The summed E-state index contributed by atoms with van der Waals surface area (Å²) in [6, 6.07) is 25.0. The van der Waals surface area contributed by atoms with Crippen LogP contribution >= 0.6 is 11.8 Å². The van der Waals surface area contributed by atoms with Crippen molar-refractivity contribution in [3.63, 3.8) is 0 Å². The average molecular weight is 632 g/mol. The van der Waals surface area contributed by atoms with Gasteiger partial charge in [-0.2, -0.15) is 0 Å². The first kappa shape index (κ1) is 32.5. The molecule has 0 spiro atoms. The number of hydrogen-bond acceptors (Lipinski definition) is 7. The number of para-hydroxylation sites is 1. The molecule has 0 saturated carbocycles. The number of carbonyl (C=O) groups excluding carboxylic acids is 3. The Morgan fingerprint density at radius 2 is 1.62 bits per heavy atom. The summed E-state index contributed by atoms with van der Waals surface area (Å²) in [7, 11) is 0. The molecule has 4 N–H and O–H groups in total. The van der Waals surface area contributed by atoms with Gasteiger partial charge in [0.2, 0.25) is 11.8 Å². The summed E-state index contributed by atoms with van der Waals surface area (Å²) in [5, 5.41) is 28.0. The second-order valence-electron chi connectivity index (χ2n) is 12.2. The van der Waals surface area contributed by atoms with Crippen molar-refractivity contribution in [1.29, 1.82) is 0 Å². The number of nitrogens with one attached hydrogen (secondary N) is 2. The van der Waals surface area contributed by atoms with E-state index in [1.165, 1.54) is 16.7 Å². The summed E-state index contributed by atoms with van der Waals surface area (Å²) in [5.74, 6) is -1.19. The highest BCUT2D eigenvalue weighted by Gasteiger charge is 2.49. The molecule has 0 unspecified atom stereocenters. The highest BCUT2D eigenvalue weighted by atomic mass is 32.2. The van der Waals surface area contributed by atoms with Crippen molar-refractivity contribution < 1.29 is 29.3 Å². The van der Waals surface area contributed by atoms with Crippen molar-refractivity contribution in [3.8, 4) is 5.75 Å². The van der Waals surface area contributed by atoms with E-state index in [0.717, 1.165) is 11.1 Å². The predicted octanol–water partition coefficient (Wildman–Crippen LogP) is 3.25. The molecule has 2 aliphatic rings. The van der Waals surface area contributed by atoms with E-state index in [4.69, 9.17) is 4.74 Å². The molecular weight excluding hydrogens is 590 g/mol. The number of nitrogens with zero attached hydrogens (tertiary/aromatic N) is 1. The smallest absolute Gasteiger partial charge is 0.252 e. The third-order valence-corrected chi connectivity index (χ3v) is 9.84. The van der Waals surface area contributed by atoms with Crippen LogP contribution in [-0.2, 0) is 27.2 Å². The molecule has 5 rings (SSSR count). The second kappa shape index (κ2) is 14.5. The Morgan fingerprint density at radius 3 is 2.33 bits per heavy atom. The number of aliphatic hydroxyl groups excluding tert-OH is 2. The molecule has 9 nitrogen and oxygen atoms in total. The lowest BCUT2D eigenvalue weighted by Gasteiger charge is -2.33. The first-order valence-electron chi connectivity index (χ1n) is 15.3. The minimum absolute atomic E-state index is 0.0314. The number of benzene rings is 3. The molecule has 0 radical (unpaired) electrons. The number of amides is 3. The van der Waals surface area contributed by atoms with Crippen LogP contribution in [0.3, 0.4) is 0 Å². The van der Waals surface area contributed by atoms with Crippen LogP contribution in [0.5, 0.6) is 5.75 Å². The lowest BCUT2D eigenvalue weighted by Crippen LogP contribution is -2.55. The first-order valence-corrected chi connectivity index (χ1v) is 16.3. The maximum Gasteiger partial charge on any atom is 0.252 e. The number of hydrogen-bond donors (Lipinski definition) is 4. The van der Waals surface area contributed by atoms with Crippen molar-refractivity contribution in [2.24, 2.45) is 5.92 Å². The predicted molar refractivity (Wildman–Crippen MR) is 173 cm³/mol. The van der Waals surface area contributed by atoms with Crippen LogP contribution in [0.15, 0.2) is 84.9 Å². The Balaban J connectivity index is 1.29. The van der Waals surface area contributed by atoms with Crippen molar-refractivity contribution in [2.45, 2.75) is 62.1 Å². The molecular formula is C35H41N3O6S. The van der Waals surface area contributed by atoms with Gasteiger partial charge in [0.05, 0.1) is 11.9 Å². The topological polar surface area (TPSA) is 128 Å². The summed E-state index contributed by atoms with van der Waals surface area (Å²) in [4.78, 5) is 42.4. The Morgan fingerprint density at radius 1 is 0.978 bits per heavy atom. The highest BCUT2D eigenvalue weighted by molar-refractivity contribution is 8.00. The van der Waals surface area contributed by atoms with Gasteiger partial charge in [-0.25, -0.2) is 0 Å². The monoisotopic (exact) mass is 631 g/mol. The van der Waals surface area contributed by atoms with Gasteiger partial charge in [-0.05, 0) is 50.3 Å². The van der Waals surface area contributed by atoms with E-state index in [1.807, 2.05) is 86.6 Å². The third-order valence-electron chi connectivity index (χ3n) is 8.47. The zero-order valence-corrected chi connectivity index (χ0v) is 26.4. The van der Waals surface area contributed by atoms with Gasteiger partial charge in [0.25, 0.3) is 5.91 Å². The van der Waals surface area contributed by atoms with E-state index < -0.39 is 46.8 Å². The Labute approximate surface area is 268 Å². The first-order chi connectivity index (χ1) is 21.6. The molecule has 5 atom stereocenters. The zero-order valence-electron chi connectivity index (χ0n) is 25.6. The van der Waals surface area contributed by atoms with Crippen molar-refractivity contribution in [3.05, 3.63) is 102 Å². The molecule has 0 bridgehead atoms. The number of fused-ring (bicyclic) bond motifs is 1. The maximum absolute atomic E-state index is 13.8. The molecule has 238 valence electrons. The Bertz CT molecular complexity index is 1470. The van der Waals surface area contributed by atoms with Gasteiger partial charge in [-0.15, -0.1) is 11.8 Å². The number of carbonyl (C=O) groups is 3. The summed E-state index contributed by atoms with van der Waals surface area (Å²) in [6.07, 6.45) is -1.68. The van der Waals surface area contributed by atoms with Gasteiger partial charge in [0.15, 0.2) is 0 Å². The molecule has 10 heteroatoms. The zero-order chi connectivity index (χ0) is 32.0. The molecule has 3 aromatic carbocycles. The second-order valence-corrected chi connectivity index (χ2v) is 13.8. The van der Waals surface area contributed by atoms with Crippen LogP contribution in [0.25, 0.3) is 0 Å². The molecule has 1 saturated heterocycles. The van der Waals surface area contributed by atoms with Crippen LogP contribution in [-0.4, -0.2) is 74.9 Å². The summed E-state index contributed by atoms with van der Waals surface area (Å²) < 4.78 is 5.05. The van der Waals surface area contributed by atoms with Gasteiger partial charge in [0, 0.05) is 22.8 Å². The minimum Gasteiger partial charge on any atom is -0.490 e. The third kappa shape index (κ3) is 7.87. The Kier molecular flexibility index (Phi) is 10.5. The highest BCUT2D eigenvalue weighted by Crippen LogP contribution is 2.40. The van der Waals surface area contributed by atoms with E-state index >= 15 is 0 Å². The molecule has 3 amide bonds. The van der Waals surface area contributed by atoms with Crippen LogP contribution in [0.1, 0.15) is 43.0 Å². The van der Waals surface area contributed by atoms with Crippen molar-refractivity contribution >= 4 is 29.5 Å². The van der Waals surface area contributed by atoms with E-state index in [2.05, 4.69) is 10.6 Å². The minimum atomic E-state index is -1.51. The van der Waals surface area contributed by atoms with Crippen LogP contribution in [0.2, 0.25) is 0 Å². The van der Waals surface area contributed by atoms with E-state index in [1.54, 1.807) is 12.1 Å². The van der Waals surface area contributed by atoms with E-state index in [-0.39, 0.29) is 31.2 Å². The largest absolute Gasteiger partial charge is 0.490 e. The van der Waals surface area contributed by atoms with E-state index in [9.17, 15) is 24.6 Å². The standard InChI is InChI=1S/C35H41N3O6S/c1-35(2)31(33(42)36-18-17-23-11-5-3-6-12-23)38(22-45-35)34(43)27(39)20-25(19-24-13-7-4-8-14-24)32(41)37-30-26-15-9-10-16-29(26)44-21-28(30)40/h3-16,25,27-28,30-31,39-40H,17-22H2,1-2H3,(H,36,42)(H,37,41)/t25-,27+,28-,30+,31-/m1/s1. The van der Waals surface area contributed by atoms with Gasteiger partial charge in [-0.3, -0.25) is 14.4 Å². The van der Waals surface area contributed by atoms with Crippen molar-refractivity contribution in [1.82, 2.24) is 15.5 Å². The van der Waals surface area contributed by atoms with Crippen LogP contribution in [0, 0.1) is 5.92 Å². The summed E-state index contributed by atoms with van der Waals surface area (Å²) in [5.41, 5.74) is 2.64. The molecule has 45 heavy (non-hydrogen) atoms. The van der Waals surface area contributed by atoms with Crippen molar-refractivity contribution in [2.75, 3.05) is 19.0 Å². The molecule has 2 aliphatic heterocycles. The molecule has 2 heterocycles. The van der Waals surface area contributed by atoms with E-state index in [0.29, 0.717) is 24.3 Å². The quantitative estimate of drug-likeness (QED) is 0.256. The summed E-state index contributed by atoms with van der Waals surface area (Å²) in [6.45, 7) is 4.29. The number of rotatable bonds is 11. The molecule has 3 aromatic rings. The molecule has 0 aliphatic carbocycles. The SMILES string of the molecule is CC1(C)SCN(C(=O)[C@@H](O)C[C@@H](Cc2ccccc2)C(=O)N[C@H]2c3ccccc3OC[C@H]2O)[C@@H]1C(=O)NCCc1ccccc1. The lowest BCUT2D eigenvalue weighted by atomic mass is 9.90. The van der Waals surface area contributed by atoms with Gasteiger partial charge in [0.1, 0.15) is 30.6 Å². The van der Waals surface area contributed by atoms with Crippen LogP contribution < -0.4 is 15.4 Å². The fraction of sp³-hybridized carbons (Fsp3) is 0.400.